The van der Waals surface area contributed by atoms with Crippen LogP contribution >= 0.6 is 27.5 Å². The predicted octanol–water partition coefficient (Wildman–Crippen LogP) is 4.52. The Morgan fingerprint density at radius 3 is 2.53 bits per heavy atom. The van der Waals surface area contributed by atoms with Gasteiger partial charge in [0.25, 0.3) is 0 Å². The maximum atomic E-state index is 12.5. The number of hydrogen-bond acceptors (Lipinski definition) is 1. The summed E-state index contributed by atoms with van der Waals surface area (Å²) in [6, 6.07) is 4.77. The summed E-state index contributed by atoms with van der Waals surface area (Å²) in [6.45, 7) is -1.58. The molecule has 0 bridgehead atoms. The highest BCUT2D eigenvalue weighted by atomic mass is 79.9. The first-order valence-corrected chi connectivity index (χ1v) is 5.67. The fourth-order valence-corrected chi connectivity index (χ4v) is 1.73. The number of alkyl halides is 4. The fourth-order valence-electron chi connectivity index (χ4n) is 0.999. The Hall–Kier alpha value is -0.330. The van der Waals surface area contributed by atoms with Crippen LogP contribution in [0.5, 0.6) is 0 Å². The van der Waals surface area contributed by atoms with Crippen molar-refractivity contribution in [3.05, 3.63) is 33.3 Å². The van der Waals surface area contributed by atoms with Crippen molar-refractivity contribution < 1.29 is 22.3 Å². The number of hydrogen-bond donors (Lipinski definition) is 0. The molecular weight excluding hydrogens is 327 g/mol. The van der Waals surface area contributed by atoms with E-state index in [-0.39, 0.29) is 6.61 Å². The van der Waals surface area contributed by atoms with E-state index in [1.54, 1.807) is 18.2 Å². The molecule has 0 aliphatic heterocycles. The Kier molecular flexibility index (Phi) is 5.22. The van der Waals surface area contributed by atoms with E-state index in [1.807, 2.05) is 0 Å². The van der Waals surface area contributed by atoms with E-state index in [9.17, 15) is 17.6 Å². The van der Waals surface area contributed by atoms with Gasteiger partial charge in [0.2, 0.25) is 0 Å². The first kappa shape index (κ1) is 14.7. The molecular formula is C10H8BrClF4O. The summed E-state index contributed by atoms with van der Waals surface area (Å²) in [7, 11) is 0. The molecule has 0 heterocycles. The molecule has 0 saturated heterocycles. The van der Waals surface area contributed by atoms with E-state index in [0.717, 1.165) is 4.47 Å². The lowest BCUT2D eigenvalue weighted by atomic mass is 10.2. The standard InChI is InChI=1S/C10H8BrClF4O/c11-7-2-1-6(8(12)3-7)4-17-5-10(15,16)9(13)14/h1-3,9H,4-5H2. The molecule has 96 valence electrons. The van der Waals surface area contributed by atoms with Crippen LogP contribution in [0, 0.1) is 0 Å². The van der Waals surface area contributed by atoms with Crippen LogP contribution < -0.4 is 0 Å². The summed E-state index contributed by atoms with van der Waals surface area (Å²) in [5.74, 6) is -4.14. The van der Waals surface area contributed by atoms with Crippen molar-refractivity contribution in [2.24, 2.45) is 0 Å². The number of benzene rings is 1. The van der Waals surface area contributed by atoms with E-state index in [1.165, 1.54) is 0 Å². The van der Waals surface area contributed by atoms with Gasteiger partial charge >= 0.3 is 12.3 Å². The minimum absolute atomic E-state index is 0.242. The average Bonchev–Trinajstić information content (AvgIpc) is 2.21. The van der Waals surface area contributed by atoms with Crippen molar-refractivity contribution >= 4 is 27.5 Å². The van der Waals surface area contributed by atoms with E-state index >= 15 is 0 Å². The van der Waals surface area contributed by atoms with Crippen LogP contribution in [0.1, 0.15) is 5.56 Å². The lowest BCUT2D eigenvalue weighted by Crippen LogP contribution is -2.32. The smallest absolute Gasteiger partial charge is 0.330 e. The molecule has 0 fully saturated rings. The molecule has 1 rings (SSSR count). The second-order valence-corrected chi connectivity index (χ2v) is 4.61. The maximum absolute atomic E-state index is 12.5. The van der Waals surface area contributed by atoms with E-state index in [0.29, 0.717) is 10.6 Å². The Morgan fingerprint density at radius 1 is 1.35 bits per heavy atom. The zero-order chi connectivity index (χ0) is 13.1. The molecule has 1 aromatic rings. The quantitative estimate of drug-likeness (QED) is 0.719. The molecule has 7 heteroatoms. The third-order valence-corrected chi connectivity index (χ3v) is 2.73. The van der Waals surface area contributed by atoms with Crippen molar-refractivity contribution in [3.8, 4) is 0 Å². The summed E-state index contributed by atoms with van der Waals surface area (Å²) in [5, 5.41) is 0.319. The van der Waals surface area contributed by atoms with Crippen molar-refractivity contribution in [1.82, 2.24) is 0 Å². The molecule has 0 aliphatic carbocycles. The number of halogens is 6. The van der Waals surface area contributed by atoms with Crippen molar-refractivity contribution in [1.29, 1.82) is 0 Å². The van der Waals surface area contributed by atoms with Gasteiger partial charge in [0.05, 0.1) is 6.61 Å². The normalized spacial score (nSPS) is 12.2. The van der Waals surface area contributed by atoms with Gasteiger partial charge in [-0.2, -0.15) is 8.78 Å². The number of ether oxygens (including phenoxy) is 1. The fraction of sp³-hybridized carbons (Fsp3) is 0.400. The summed E-state index contributed by atoms with van der Waals surface area (Å²) in [5.41, 5.74) is 0.458. The third-order valence-electron chi connectivity index (χ3n) is 1.89. The van der Waals surface area contributed by atoms with E-state index < -0.39 is 19.0 Å². The van der Waals surface area contributed by atoms with Gasteiger partial charge < -0.3 is 4.74 Å². The van der Waals surface area contributed by atoms with Gasteiger partial charge in [0, 0.05) is 9.50 Å². The highest BCUT2D eigenvalue weighted by Crippen LogP contribution is 2.25. The Labute approximate surface area is 109 Å². The average molecular weight is 336 g/mol. The van der Waals surface area contributed by atoms with Crippen LogP contribution in [-0.4, -0.2) is 19.0 Å². The number of rotatable bonds is 5. The third kappa shape index (κ3) is 4.44. The van der Waals surface area contributed by atoms with E-state index in [2.05, 4.69) is 20.7 Å². The van der Waals surface area contributed by atoms with Gasteiger partial charge in [-0.1, -0.05) is 33.6 Å². The molecule has 0 radical (unpaired) electrons. The van der Waals surface area contributed by atoms with Gasteiger partial charge in [0.1, 0.15) is 6.61 Å². The van der Waals surface area contributed by atoms with Crippen LogP contribution in [-0.2, 0) is 11.3 Å². The largest absolute Gasteiger partial charge is 0.370 e. The Morgan fingerprint density at radius 2 is 2.00 bits per heavy atom. The lowest BCUT2D eigenvalue weighted by molar-refractivity contribution is -0.168. The van der Waals surface area contributed by atoms with E-state index in [4.69, 9.17) is 11.6 Å². The predicted molar refractivity (Wildman–Crippen MR) is 59.8 cm³/mol. The molecule has 0 spiro atoms. The summed E-state index contributed by atoms with van der Waals surface area (Å²) >= 11 is 8.97. The molecule has 0 unspecified atom stereocenters. The second kappa shape index (κ2) is 6.02. The van der Waals surface area contributed by atoms with Crippen LogP contribution in [0.25, 0.3) is 0 Å². The van der Waals surface area contributed by atoms with Gasteiger partial charge in [-0.15, -0.1) is 0 Å². The SMILES string of the molecule is FC(F)C(F)(F)COCc1ccc(Br)cc1Cl. The zero-order valence-corrected chi connectivity index (χ0v) is 10.7. The minimum Gasteiger partial charge on any atom is -0.370 e. The molecule has 0 aromatic heterocycles. The highest BCUT2D eigenvalue weighted by molar-refractivity contribution is 9.10. The molecule has 0 saturated carbocycles. The Balaban J connectivity index is 2.51. The molecule has 17 heavy (non-hydrogen) atoms. The van der Waals surface area contributed by atoms with Gasteiger partial charge in [-0.05, 0) is 17.7 Å². The monoisotopic (exact) mass is 334 g/mol. The maximum Gasteiger partial charge on any atom is 0.330 e. The van der Waals surface area contributed by atoms with Gasteiger partial charge in [-0.25, -0.2) is 8.78 Å². The molecule has 1 nitrogen and oxygen atoms in total. The van der Waals surface area contributed by atoms with Gasteiger partial charge in [-0.3, -0.25) is 0 Å². The summed E-state index contributed by atoms with van der Waals surface area (Å²) < 4.78 is 53.9. The first-order valence-electron chi connectivity index (χ1n) is 4.50. The molecule has 1 aromatic carbocycles. The minimum atomic E-state index is -4.14. The van der Waals surface area contributed by atoms with Gasteiger partial charge in [0.15, 0.2) is 0 Å². The van der Waals surface area contributed by atoms with Crippen LogP contribution in [0.4, 0.5) is 17.6 Å². The lowest BCUT2D eigenvalue weighted by Gasteiger charge is -2.15. The van der Waals surface area contributed by atoms with Crippen LogP contribution in [0.15, 0.2) is 22.7 Å². The van der Waals surface area contributed by atoms with Crippen LogP contribution in [0.2, 0.25) is 5.02 Å². The molecule has 0 N–H and O–H groups in total. The topological polar surface area (TPSA) is 9.23 Å². The second-order valence-electron chi connectivity index (χ2n) is 3.29. The summed E-state index contributed by atoms with van der Waals surface area (Å²) in [6.07, 6.45) is -3.73. The first-order chi connectivity index (χ1) is 7.83. The zero-order valence-electron chi connectivity index (χ0n) is 8.40. The molecule has 0 amide bonds. The van der Waals surface area contributed by atoms with Crippen molar-refractivity contribution in [3.63, 3.8) is 0 Å². The van der Waals surface area contributed by atoms with Crippen molar-refractivity contribution in [2.75, 3.05) is 6.61 Å². The Bertz CT molecular complexity index is 387. The molecule has 0 atom stereocenters. The molecule has 0 aliphatic rings. The summed E-state index contributed by atoms with van der Waals surface area (Å²) in [4.78, 5) is 0. The van der Waals surface area contributed by atoms with Crippen molar-refractivity contribution in [2.45, 2.75) is 19.0 Å². The van der Waals surface area contributed by atoms with Crippen LogP contribution in [0.3, 0.4) is 0 Å². The highest BCUT2D eigenvalue weighted by Gasteiger charge is 2.40.